The van der Waals surface area contributed by atoms with Crippen LogP contribution >= 0.6 is 12.2 Å². The number of nitrogens with zero attached hydrogens (tertiary/aromatic N) is 2. The third kappa shape index (κ3) is 4.22. The van der Waals surface area contributed by atoms with E-state index in [4.69, 9.17) is 18.0 Å². The largest absolute Gasteiger partial charge is 0.388 e. The van der Waals surface area contributed by atoms with E-state index in [-0.39, 0.29) is 9.88 Å². The molecule has 1 aromatic rings. The van der Waals surface area contributed by atoms with Gasteiger partial charge in [-0.15, -0.1) is 0 Å². The number of rotatable bonds is 6. The van der Waals surface area contributed by atoms with Gasteiger partial charge >= 0.3 is 0 Å². The molecule has 19 heavy (non-hydrogen) atoms. The van der Waals surface area contributed by atoms with Gasteiger partial charge in [0.25, 0.3) is 0 Å². The lowest BCUT2D eigenvalue weighted by atomic mass is 10.1. The fourth-order valence-corrected chi connectivity index (χ4v) is 2.67. The van der Waals surface area contributed by atoms with Crippen LogP contribution in [0.25, 0.3) is 0 Å². The zero-order valence-corrected chi connectivity index (χ0v) is 13.0. The van der Waals surface area contributed by atoms with Crippen molar-refractivity contribution in [2.45, 2.75) is 25.2 Å². The molecule has 106 valence electrons. The number of sulfonamides is 1. The summed E-state index contributed by atoms with van der Waals surface area (Å²) in [6.07, 6.45) is 2.10. The van der Waals surface area contributed by atoms with Crippen LogP contribution in [-0.4, -0.2) is 36.3 Å². The molecule has 2 N–H and O–H groups in total. The molecule has 0 spiro atoms. The van der Waals surface area contributed by atoms with E-state index in [1.165, 1.54) is 22.6 Å². The summed E-state index contributed by atoms with van der Waals surface area (Å²) in [5.74, 6) is 0.452. The molecular weight excluding hydrogens is 282 g/mol. The van der Waals surface area contributed by atoms with E-state index in [0.29, 0.717) is 18.2 Å². The summed E-state index contributed by atoms with van der Waals surface area (Å²) in [4.78, 5) is 4.25. The summed E-state index contributed by atoms with van der Waals surface area (Å²) in [6, 6.07) is 2.99. The molecule has 0 aliphatic heterocycles. The number of thiocarbonyl (C=S) groups is 1. The molecule has 5 nitrogen and oxygen atoms in total. The highest BCUT2D eigenvalue weighted by Gasteiger charge is 2.21. The average Bonchev–Trinajstić information content (AvgIpc) is 2.35. The Kier molecular flexibility index (Phi) is 5.39. The van der Waals surface area contributed by atoms with Crippen LogP contribution in [0, 0.1) is 5.92 Å². The Labute approximate surface area is 119 Å². The second-order valence-electron chi connectivity index (χ2n) is 4.75. The summed E-state index contributed by atoms with van der Waals surface area (Å²) in [7, 11) is -1.92. The highest BCUT2D eigenvalue weighted by atomic mass is 32.2. The summed E-state index contributed by atoms with van der Waals surface area (Å²) in [6.45, 7) is 4.59. The molecule has 0 unspecified atom stereocenters. The first-order valence-corrected chi connectivity index (χ1v) is 7.82. The Bertz CT molecular complexity index is 539. The Morgan fingerprint density at radius 3 is 2.53 bits per heavy atom. The number of hydrogen-bond donors (Lipinski definition) is 1. The van der Waals surface area contributed by atoms with Crippen LogP contribution in [0.3, 0.4) is 0 Å². The first kappa shape index (κ1) is 16.0. The van der Waals surface area contributed by atoms with Crippen LogP contribution in [-0.2, 0) is 10.0 Å². The Morgan fingerprint density at radius 1 is 1.47 bits per heavy atom. The maximum atomic E-state index is 12.2. The maximum Gasteiger partial charge on any atom is 0.244 e. The van der Waals surface area contributed by atoms with Crippen molar-refractivity contribution in [1.82, 2.24) is 9.29 Å². The highest BCUT2D eigenvalue weighted by Crippen LogP contribution is 2.15. The van der Waals surface area contributed by atoms with Gasteiger partial charge in [-0.1, -0.05) is 26.1 Å². The lowest BCUT2D eigenvalue weighted by Gasteiger charge is -2.18. The summed E-state index contributed by atoms with van der Waals surface area (Å²) >= 11 is 4.78. The first-order valence-electron chi connectivity index (χ1n) is 5.97. The number of hydrogen-bond acceptors (Lipinski definition) is 4. The quantitative estimate of drug-likeness (QED) is 0.803. The van der Waals surface area contributed by atoms with Gasteiger partial charge in [0.2, 0.25) is 10.0 Å². The van der Waals surface area contributed by atoms with Gasteiger partial charge in [-0.3, -0.25) is 4.98 Å². The minimum Gasteiger partial charge on any atom is -0.388 e. The van der Waals surface area contributed by atoms with E-state index < -0.39 is 10.0 Å². The summed E-state index contributed by atoms with van der Waals surface area (Å²) in [5.41, 5.74) is 5.84. The van der Waals surface area contributed by atoms with Gasteiger partial charge in [0, 0.05) is 19.8 Å². The van der Waals surface area contributed by atoms with Crippen molar-refractivity contribution < 1.29 is 8.42 Å². The molecule has 0 bridgehead atoms. The second-order valence-corrected chi connectivity index (χ2v) is 7.24. The second kappa shape index (κ2) is 6.40. The van der Waals surface area contributed by atoms with Crippen molar-refractivity contribution in [2.24, 2.45) is 11.7 Å². The van der Waals surface area contributed by atoms with E-state index in [0.717, 1.165) is 6.42 Å². The third-order valence-corrected chi connectivity index (χ3v) is 4.77. The molecule has 7 heteroatoms. The predicted molar refractivity (Wildman–Crippen MR) is 79.4 cm³/mol. The van der Waals surface area contributed by atoms with Gasteiger partial charge in [-0.2, -0.15) is 0 Å². The predicted octanol–water partition coefficient (Wildman–Crippen LogP) is 1.38. The van der Waals surface area contributed by atoms with E-state index >= 15 is 0 Å². The minimum atomic E-state index is -3.49. The van der Waals surface area contributed by atoms with Crippen LogP contribution in [0.2, 0.25) is 0 Å². The van der Waals surface area contributed by atoms with Crippen molar-refractivity contribution in [2.75, 3.05) is 13.6 Å². The van der Waals surface area contributed by atoms with Crippen LogP contribution in [0.15, 0.2) is 23.2 Å². The Hall–Kier alpha value is -1.05. The van der Waals surface area contributed by atoms with Crippen LogP contribution in [0.5, 0.6) is 0 Å². The highest BCUT2D eigenvalue weighted by molar-refractivity contribution is 7.89. The molecule has 0 saturated heterocycles. The number of pyridine rings is 1. The molecule has 1 rings (SSSR count). The Morgan fingerprint density at radius 2 is 2.11 bits per heavy atom. The molecule has 1 aromatic heterocycles. The monoisotopic (exact) mass is 301 g/mol. The normalized spacial score (nSPS) is 12.1. The SMILES string of the molecule is CC(C)CCN(C)S(=O)(=O)c1ccc(C(N)=S)nc1. The van der Waals surface area contributed by atoms with E-state index in [1.54, 1.807) is 7.05 Å². The van der Waals surface area contributed by atoms with Crippen molar-refractivity contribution in [3.05, 3.63) is 24.0 Å². The van der Waals surface area contributed by atoms with Crippen LogP contribution < -0.4 is 5.73 Å². The number of nitrogens with two attached hydrogens (primary N) is 1. The van der Waals surface area contributed by atoms with Crippen molar-refractivity contribution in [3.63, 3.8) is 0 Å². The van der Waals surface area contributed by atoms with E-state index in [2.05, 4.69) is 18.8 Å². The van der Waals surface area contributed by atoms with Crippen LogP contribution in [0.4, 0.5) is 0 Å². The standard InChI is InChI=1S/C12H19N3O2S2/c1-9(2)6-7-15(3)19(16,17)10-4-5-11(12(13)18)14-8-10/h4-5,8-9H,6-7H2,1-3H3,(H2,13,18). The van der Waals surface area contributed by atoms with Gasteiger partial charge in [-0.05, 0) is 24.5 Å². The van der Waals surface area contributed by atoms with Gasteiger partial charge < -0.3 is 5.73 Å². The van der Waals surface area contributed by atoms with Gasteiger partial charge in [0.05, 0.1) is 5.69 Å². The molecule has 0 atom stereocenters. The molecule has 0 aliphatic rings. The minimum absolute atomic E-state index is 0.150. The molecule has 0 saturated carbocycles. The first-order chi connectivity index (χ1) is 8.75. The number of aromatic nitrogens is 1. The zero-order valence-electron chi connectivity index (χ0n) is 11.3. The van der Waals surface area contributed by atoms with Crippen molar-refractivity contribution in [1.29, 1.82) is 0 Å². The lowest BCUT2D eigenvalue weighted by Crippen LogP contribution is -2.29. The van der Waals surface area contributed by atoms with Gasteiger partial charge in [-0.25, -0.2) is 12.7 Å². The van der Waals surface area contributed by atoms with Crippen molar-refractivity contribution >= 4 is 27.2 Å². The molecule has 0 radical (unpaired) electrons. The topological polar surface area (TPSA) is 76.3 Å². The maximum absolute atomic E-state index is 12.2. The average molecular weight is 301 g/mol. The Balaban J connectivity index is 2.90. The van der Waals surface area contributed by atoms with Gasteiger partial charge in [0.1, 0.15) is 9.88 Å². The third-order valence-electron chi connectivity index (χ3n) is 2.72. The van der Waals surface area contributed by atoms with Gasteiger partial charge in [0.15, 0.2) is 0 Å². The molecule has 0 fully saturated rings. The van der Waals surface area contributed by atoms with E-state index in [9.17, 15) is 8.42 Å². The summed E-state index contributed by atoms with van der Waals surface area (Å²) < 4.78 is 25.8. The lowest BCUT2D eigenvalue weighted by molar-refractivity contribution is 0.428. The molecular formula is C12H19N3O2S2. The molecule has 0 aromatic carbocycles. The summed E-state index contributed by atoms with van der Waals surface area (Å²) in [5, 5.41) is 0. The van der Waals surface area contributed by atoms with E-state index in [1.807, 2.05) is 0 Å². The van der Waals surface area contributed by atoms with Crippen molar-refractivity contribution in [3.8, 4) is 0 Å². The fraction of sp³-hybridized carbons (Fsp3) is 0.500. The molecule has 0 amide bonds. The smallest absolute Gasteiger partial charge is 0.244 e. The molecule has 1 heterocycles. The van der Waals surface area contributed by atoms with Crippen LogP contribution in [0.1, 0.15) is 26.0 Å². The molecule has 0 aliphatic carbocycles. The zero-order chi connectivity index (χ0) is 14.6. The fourth-order valence-electron chi connectivity index (χ4n) is 1.42.